The molecule has 156 valence electrons. The van der Waals surface area contributed by atoms with Crippen LogP contribution in [-0.2, 0) is 13.0 Å². The first-order valence-corrected chi connectivity index (χ1v) is 10.1. The van der Waals surface area contributed by atoms with Gasteiger partial charge in [0.25, 0.3) is 11.5 Å². The number of methoxy groups -OCH3 is 1. The van der Waals surface area contributed by atoms with Crippen molar-refractivity contribution in [1.29, 1.82) is 0 Å². The lowest BCUT2D eigenvalue weighted by atomic mass is 10.1. The Morgan fingerprint density at radius 2 is 1.87 bits per heavy atom. The first-order chi connectivity index (χ1) is 15.1. The second kappa shape index (κ2) is 7.71. The fraction of sp³-hybridized carbons (Fsp3) is 0.217. The van der Waals surface area contributed by atoms with Gasteiger partial charge in [-0.1, -0.05) is 12.1 Å². The molecule has 31 heavy (non-hydrogen) atoms. The Morgan fingerprint density at radius 1 is 1.06 bits per heavy atom. The summed E-state index contributed by atoms with van der Waals surface area (Å²) in [5.41, 5.74) is 2.63. The molecule has 1 N–H and O–H groups in total. The number of rotatable bonds is 3. The van der Waals surface area contributed by atoms with E-state index in [1.165, 1.54) is 0 Å². The Bertz CT molecular complexity index is 1320. The molecule has 0 unspecified atom stereocenters. The topological polar surface area (TPSA) is 93.1 Å². The van der Waals surface area contributed by atoms with E-state index >= 15 is 0 Å². The lowest BCUT2D eigenvalue weighted by molar-refractivity contribution is 0.0753. The summed E-state index contributed by atoms with van der Waals surface area (Å²) in [4.78, 5) is 32.4. The highest BCUT2D eigenvalue weighted by Gasteiger charge is 2.23. The number of nitrogens with one attached hydrogen (secondary N) is 1. The van der Waals surface area contributed by atoms with Crippen molar-refractivity contribution in [2.24, 2.45) is 0 Å². The number of hydrogen-bond donors (Lipinski definition) is 1. The molecule has 0 spiro atoms. The Balaban J connectivity index is 1.37. The molecule has 2 aromatic carbocycles. The maximum absolute atomic E-state index is 13.1. The predicted molar refractivity (Wildman–Crippen MR) is 116 cm³/mol. The van der Waals surface area contributed by atoms with E-state index in [1.807, 2.05) is 42.5 Å². The largest absolute Gasteiger partial charge is 0.497 e. The Morgan fingerprint density at radius 3 is 2.68 bits per heavy atom. The van der Waals surface area contributed by atoms with Gasteiger partial charge in [0, 0.05) is 31.6 Å². The van der Waals surface area contributed by atoms with Crippen molar-refractivity contribution in [3.05, 3.63) is 76.5 Å². The van der Waals surface area contributed by atoms with Crippen LogP contribution in [0.1, 0.15) is 16.3 Å². The summed E-state index contributed by atoms with van der Waals surface area (Å²) < 4.78 is 6.87. The van der Waals surface area contributed by atoms with Crippen LogP contribution in [0.15, 0.2) is 59.4 Å². The van der Waals surface area contributed by atoms with Crippen molar-refractivity contribution in [2.75, 3.05) is 20.2 Å². The van der Waals surface area contributed by atoms with E-state index < -0.39 is 0 Å². The van der Waals surface area contributed by atoms with Gasteiger partial charge in [-0.15, -0.1) is 0 Å². The molecule has 0 bridgehead atoms. The molecule has 3 heterocycles. The minimum absolute atomic E-state index is 0.0572. The van der Waals surface area contributed by atoms with Crippen LogP contribution in [0.5, 0.6) is 5.75 Å². The fourth-order valence-corrected chi connectivity index (χ4v) is 3.92. The number of ether oxygens (including phenoxy) is 1. The third kappa shape index (κ3) is 3.46. The first kappa shape index (κ1) is 19.0. The number of nitrogens with zero attached hydrogens (tertiary/aromatic N) is 4. The molecule has 0 saturated carbocycles. The summed E-state index contributed by atoms with van der Waals surface area (Å²) in [7, 11) is 1.62. The lowest BCUT2D eigenvalue weighted by Gasteiger charge is -2.18. The number of amides is 1. The molecule has 8 nitrogen and oxygen atoms in total. The van der Waals surface area contributed by atoms with Crippen molar-refractivity contribution in [2.45, 2.75) is 13.0 Å². The zero-order chi connectivity index (χ0) is 21.4. The highest BCUT2D eigenvalue weighted by atomic mass is 16.5. The van der Waals surface area contributed by atoms with E-state index in [0.29, 0.717) is 54.2 Å². The highest BCUT2D eigenvalue weighted by Crippen LogP contribution is 2.22. The van der Waals surface area contributed by atoms with Crippen LogP contribution in [0.3, 0.4) is 0 Å². The average molecular weight is 415 g/mol. The summed E-state index contributed by atoms with van der Waals surface area (Å²) in [6, 6.07) is 16.6. The van der Waals surface area contributed by atoms with Gasteiger partial charge in [-0.05, 0) is 42.5 Å². The van der Waals surface area contributed by atoms with Crippen LogP contribution >= 0.6 is 0 Å². The van der Waals surface area contributed by atoms with Gasteiger partial charge in [0.05, 0.1) is 23.7 Å². The smallest absolute Gasteiger partial charge is 0.271 e. The maximum Gasteiger partial charge on any atom is 0.271 e. The molecule has 1 aliphatic heterocycles. The molecule has 4 aromatic rings. The van der Waals surface area contributed by atoms with Crippen molar-refractivity contribution >= 4 is 16.8 Å². The summed E-state index contributed by atoms with van der Waals surface area (Å²) in [6.07, 6.45) is 0.519. The number of carbonyl (C=O) groups excluding carboxylic acids is 1. The SMILES string of the molecule is COc1ccc(-c2cc(C(=O)N3CCc4nc5ccccc5c(=O)n4CC3)[nH]n2)cc1. The van der Waals surface area contributed by atoms with Crippen LogP contribution in [0.4, 0.5) is 0 Å². The third-order valence-electron chi connectivity index (χ3n) is 5.62. The van der Waals surface area contributed by atoms with Gasteiger partial charge in [-0.2, -0.15) is 5.10 Å². The first-order valence-electron chi connectivity index (χ1n) is 10.1. The number of aromatic amines is 1. The molecule has 1 amide bonds. The van der Waals surface area contributed by atoms with Gasteiger partial charge < -0.3 is 9.64 Å². The zero-order valence-electron chi connectivity index (χ0n) is 17.0. The monoisotopic (exact) mass is 415 g/mol. The van der Waals surface area contributed by atoms with Crippen LogP contribution in [0, 0.1) is 0 Å². The Hall–Kier alpha value is -3.94. The molecule has 0 aliphatic carbocycles. The number of carbonyl (C=O) groups is 1. The van der Waals surface area contributed by atoms with Crippen LogP contribution < -0.4 is 10.3 Å². The molecule has 0 radical (unpaired) electrons. The summed E-state index contributed by atoms with van der Waals surface area (Å²) >= 11 is 0. The number of hydrogen-bond acceptors (Lipinski definition) is 5. The van der Waals surface area contributed by atoms with Gasteiger partial charge in [-0.3, -0.25) is 19.3 Å². The maximum atomic E-state index is 13.1. The molecule has 5 rings (SSSR count). The molecule has 0 fully saturated rings. The van der Waals surface area contributed by atoms with E-state index in [9.17, 15) is 9.59 Å². The van der Waals surface area contributed by atoms with E-state index in [2.05, 4.69) is 15.2 Å². The van der Waals surface area contributed by atoms with Crippen LogP contribution in [0.2, 0.25) is 0 Å². The average Bonchev–Trinajstić information content (AvgIpc) is 3.20. The third-order valence-corrected chi connectivity index (χ3v) is 5.62. The molecule has 0 atom stereocenters. The Labute approximate surface area is 178 Å². The molecule has 0 saturated heterocycles. The summed E-state index contributed by atoms with van der Waals surface area (Å²) in [5, 5.41) is 7.74. The fourth-order valence-electron chi connectivity index (χ4n) is 3.92. The number of fused-ring (bicyclic) bond motifs is 2. The van der Waals surface area contributed by atoms with Gasteiger partial charge in [0.15, 0.2) is 0 Å². The standard InChI is InChI=1S/C23H21N5O3/c1-31-16-8-6-15(7-9-16)19-14-20(26-25-19)23(30)27-11-10-21-24-18-5-3-2-4-17(18)22(29)28(21)13-12-27/h2-9,14H,10-13H2,1H3,(H,25,26). The lowest BCUT2D eigenvalue weighted by Crippen LogP contribution is -2.34. The minimum Gasteiger partial charge on any atom is -0.497 e. The van der Waals surface area contributed by atoms with Crippen molar-refractivity contribution in [3.8, 4) is 17.0 Å². The second-order valence-electron chi connectivity index (χ2n) is 7.44. The minimum atomic E-state index is -0.141. The Kier molecular flexibility index (Phi) is 4.74. The van der Waals surface area contributed by atoms with E-state index in [1.54, 1.807) is 28.7 Å². The molecular weight excluding hydrogens is 394 g/mol. The number of aromatic nitrogens is 4. The quantitative estimate of drug-likeness (QED) is 0.555. The highest BCUT2D eigenvalue weighted by molar-refractivity contribution is 5.93. The van der Waals surface area contributed by atoms with E-state index in [0.717, 1.165) is 11.3 Å². The molecular formula is C23H21N5O3. The predicted octanol–water partition coefficient (Wildman–Crippen LogP) is 2.49. The normalized spacial score (nSPS) is 13.6. The van der Waals surface area contributed by atoms with Gasteiger partial charge in [-0.25, -0.2) is 4.98 Å². The van der Waals surface area contributed by atoms with Crippen LogP contribution in [-0.4, -0.2) is 50.8 Å². The van der Waals surface area contributed by atoms with Crippen molar-refractivity contribution in [1.82, 2.24) is 24.6 Å². The number of H-pyrrole nitrogens is 1. The summed E-state index contributed by atoms with van der Waals surface area (Å²) in [6.45, 7) is 1.33. The van der Waals surface area contributed by atoms with Gasteiger partial charge in [0.1, 0.15) is 17.3 Å². The van der Waals surface area contributed by atoms with Gasteiger partial charge >= 0.3 is 0 Å². The zero-order valence-corrected chi connectivity index (χ0v) is 17.0. The van der Waals surface area contributed by atoms with Crippen molar-refractivity contribution in [3.63, 3.8) is 0 Å². The number of benzene rings is 2. The van der Waals surface area contributed by atoms with Crippen molar-refractivity contribution < 1.29 is 9.53 Å². The van der Waals surface area contributed by atoms with Crippen LogP contribution in [0.25, 0.3) is 22.2 Å². The molecule has 2 aromatic heterocycles. The van der Waals surface area contributed by atoms with E-state index in [4.69, 9.17) is 4.74 Å². The second-order valence-corrected chi connectivity index (χ2v) is 7.44. The summed E-state index contributed by atoms with van der Waals surface area (Å²) in [5.74, 6) is 1.33. The molecule has 1 aliphatic rings. The van der Waals surface area contributed by atoms with E-state index in [-0.39, 0.29) is 11.5 Å². The number of para-hydroxylation sites is 1. The van der Waals surface area contributed by atoms with Gasteiger partial charge in [0.2, 0.25) is 0 Å². The molecule has 8 heteroatoms.